The van der Waals surface area contributed by atoms with Gasteiger partial charge in [0.15, 0.2) is 0 Å². The van der Waals surface area contributed by atoms with Gasteiger partial charge in [-0.2, -0.15) is 0 Å². The first-order chi connectivity index (χ1) is 8.00. The smallest absolute Gasteiger partial charge is 0.372 e. The maximum absolute atomic E-state index is 10.8. The molecule has 6 heteroatoms. The van der Waals surface area contributed by atoms with E-state index in [1.54, 1.807) is 31.2 Å². The molecule has 0 aliphatic rings. The Bertz CT molecular complexity index is 592. The molecular weight excluding hydrogens is 302 g/mol. The molecule has 18 heavy (non-hydrogen) atoms. The molecule has 0 spiro atoms. The fourth-order valence-corrected chi connectivity index (χ4v) is 1.59. The Morgan fingerprint density at radius 1 is 1.39 bits per heavy atom. The first kappa shape index (κ1) is 14.1. The largest absolute Gasteiger partial charge is 0.505 e. The Hall–Kier alpha value is -1.95. The third kappa shape index (κ3) is 2.33. The summed E-state index contributed by atoms with van der Waals surface area (Å²) < 4.78 is 5.18. The number of carbonyl (C=O) groups is 1. The van der Waals surface area contributed by atoms with Crippen LogP contribution in [0.15, 0.2) is 28.7 Å². The quantitative estimate of drug-likeness (QED) is 0.585. The third-order valence-corrected chi connectivity index (χ3v) is 2.44. The lowest BCUT2D eigenvalue weighted by Crippen LogP contribution is -1.94. The van der Waals surface area contributed by atoms with Crippen molar-refractivity contribution in [3.63, 3.8) is 0 Å². The van der Waals surface area contributed by atoms with E-state index in [0.717, 1.165) is 0 Å². The third-order valence-electron chi connectivity index (χ3n) is 2.44. The maximum Gasteiger partial charge on any atom is 0.372 e. The van der Waals surface area contributed by atoms with E-state index in [9.17, 15) is 9.90 Å². The number of nitrogen functional groups attached to an aromatic ring is 1. The lowest BCUT2D eigenvalue weighted by atomic mass is 10.1. The second kappa shape index (κ2) is 5.14. The number of hydrogen-bond donors (Lipinski definition) is 3. The van der Waals surface area contributed by atoms with Crippen LogP contribution in [0.4, 0.5) is 5.69 Å². The normalized spacial score (nSPS) is 9.83. The van der Waals surface area contributed by atoms with E-state index in [-0.39, 0.29) is 39.9 Å². The van der Waals surface area contributed by atoms with Crippen molar-refractivity contribution in [2.75, 3.05) is 5.73 Å². The Morgan fingerprint density at radius 3 is 2.61 bits per heavy atom. The van der Waals surface area contributed by atoms with Gasteiger partial charge < -0.3 is 20.4 Å². The number of phenols is 1. The number of carboxylic acids is 1. The van der Waals surface area contributed by atoms with Gasteiger partial charge in [0.05, 0.1) is 11.3 Å². The van der Waals surface area contributed by atoms with Gasteiger partial charge >= 0.3 is 5.97 Å². The molecule has 2 aromatic rings. The molecule has 96 valence electrons. The van der Waals surface area contributed by atoms with Crippen LogP contribution in [0, 0.1) is 6.92 Å². The number of carboxylic acid groups (broad SMARTS) is 1. The number of para-hydroxylation sites is 1. The molecule has 1 aromatic carbocycles. The van der Waals surface area contributed by atoms with Gasteiger partial charge in [-0.05, 0) is 25.1 Å². The van der Waals surface area contributed by atoms with Crippen LogP contribution in [0.2, 0.25) is 0 Å². The van der Waals surface area contributed by atoms with Crippen LogP contribution < -0.4 is 5.73 Å². The van der Waals surface area contributed by atoms with Crippen LogP contribution in [-0.4, -0.2) is 16.2 Å². The summed E-state index contributed by atoms with van der Waals surface area (Å²) >= 11 is 0. The van der Waals surface area contributed by atoms with E-state index < -0.39 is 5.97 Å². The Balaban J connectivity index is 0.00000162. The van der Waals surface area contributed by atoms with Gasteiger partial charge in [0.2, 0.25) is 5.76 Å². The molecule has 0 aliphatic heterocycles. The highest BCUT2D eigenvalue weighted by Crippen LogP contribution is 2.35. The summed E-state index contributed by atoms with van der Waals surface area (Å²) in [6, 6.07) is 6.36. The zero-order valence-electron chi connectivity index (χ0n) is 9.51. The first-order valence-electron chi connectivity index (χ1n) is 4.92. The molecule has 0 fully saturated rings. The van der Waals surface area contributed by atoms with E-state index in [1.165, 1.54) is 0 Å². The SMILES string of the molecule is Br.Cc1cc(-c2cccc(N)c2O)oc1C(=O)O. The average molecular weight is 314 g/mol. The summed E-state index contributed by atoms with van der Waals surface area (Å²) in [5, 5.41) is 18.6. The summed E-state index contributed by atoms with van der Waals surface area (Å²) in [4.78, 5) is 10.8. The Labute approximate surface area is 114 Å². The Kier molecular flexibility index (Phi) is 4.03. The van der Waals surface area contributed by atoms with Crippen molar-refractivity contribution >= 4 is 28.6 Å². The van der Waals surface area contributed by atoms with Crippen molar-refractivity contribution in [1.29, 1.82) is 0 Å². The topological polar surface area (TPSA) is 96.7 Å². The minimum Gasteiger partial charge on any atom is -0.505 e. The second-order valence-corrected chi connectivity index (χ2v) is 3.67. The number of furan rings is 1. The zero-order valence-corrected chi connectivity index (χ0v) is 11.2. The molecule has 0 saturated carbocycles. The number of nitrogens with two attached hydrogens (primary N) is 1. The van der Waals surface area contributed by atoms with E-state index in [1.807, 2.05) is 0 Å². The van der Waals surface area contributed by atoms with E-state index >= 15 is 0 Å². The van der Waals surface area contributed by atoms with Gasteiger partial charge in [-0.25, -0.2) is 4.79 Å². The highest BCUT2D eigenvalue weighted by atomic mass is 79.9. The summed E-state index contributed by atoms with van der Waals surface area (Å²) in [6.45, 7) is 1.62. The van der Waals surface area contributed by atoms with Crippen LogP contribution >= 0.6 is 17.0 Å². The number of aryl methyl sites for hydroxylation is 1. The molecule has 0 aliphatic carbocycles. The van der Waals surface area contributed by atoms with E-state index in [0.29, 0.717) is 11.1 Å². The predicted molar refractivity (Wildman–Crippen MR) is 72.2 cm³/mol. The zero-order chi connectivity index (χ0) is 12.6. The number of rotatable bonds is 2. The van der Waals surface area contributed by atoms with E-state index in [4.69, 9.17) is 15.3 Å². The van der Waals surface area contributed by atoms with Gasteiger partial charge in [-0.1, -0.05) is 6.07 Å². The van der Waals surface area contributed by atoms with Crippen molar-refractivity contribution in [3.8, 4) is 17.1 Å². The summed E-state index contributed by atoms with van der Waals surface area (Å²) in [6.07, 6.45) is 0. The number of benzene rings is 1. The van der Waals surface area contributed by atoms with Crippen molar-refractivity contribution < 1.29 is 19.4 Å². The minimum absolute atomic E-state index is 0. The van der Waals surface area contributed by atoms with Crippen molar-refractivity contribution in [2.45, 2.75) is 6.92 Å². The monoisotopic (exact) mass is 313 g/mol. The van der Waals surface area contributed by atoms with Crippen LogP contribution in [0.5, 0.6) is 5.75 Å². The molecular formula is C12H12BrNO4. The molecule has 0 radical (unpaired) electrons. The molecule has 0 bridgehead atoms. The summed E-state index contributed by atoms with van der Waals surface area (Å²) in [5.74, 6) is -1.11. The fourth-order valence-electron chi connectivity index (χ4n) is 1.59. The first-order valence-corrected chi connectivity index (χ1v) is 4.92. The second-order valence-electron chi connectivity index (χ2n) is 3.67. The summed E-state index contributed by atoms with van der Waals surface area (Å²) in [5.41, 5.74) is 6.64. The lowest BCUT2D eigenvalue weighted by Gasteiger charge is -2.03. The molecule has 5 nitrogen and oxygen atoms in total. The number of hydrogen-bond acceptors (Lipinski definition) is 4. The van der Waals surface area contributed by atoms with Crippen molar-refractivity contribution in [1.82, 2.24) is 0 Å². The fraction of sp³-hybridized carbons (Fsp3) is 0.0833. The van der Waals surface area contributed by atoms with Gasteiger partial charge in [0.1, 0.15) is 11.5 Å². The molecule has 0 amide bonds. The molecule has 4 N–H and O–H groups in total. The van der Waals surface area contributed by atoms with Crippen molar-refractivity contribution in [3.05, 3.63) is 35.6 Å². The summed E-state index contributed by atoms with van der Waals surface area (Å²) in [7, 11) is 0. The standard InChI is InChI=1S/C12H11NO4.BrH/c1-6-5-9(17-11(6)12(15)16)7-3-2-4-8(13)10(7)14;/h2-5,14H,13H2,1H3,(H,15,16);1H. The number of anilines is 1. The van der Waals surface area contributed by atoms with Crippen LogP contribution in [0.25, 0.3) is 11.3 Å². The predicted octanol–water partition coefficient (Wildman–Crippen LogP) is 2.82. The molecule has 1 aromatic heterocycles. The van der Waals surface area contributed by atoms with Crippen LogP contribution in [0.3, 0.4) is 0 Å². The number of aromatic hydroxyl groups is 1. The van der Waals surface area contributed by atoms with Gasteiger partial charge in [0.25, 0.3) is 0 Å². The highest BCUT2D eigenvalue weighted by Gasteiger charge is 2.17. The molecule has 0 saturated heterocycles. The van der Waals surface area contributed by atoms with Gasteiger partial charge in [0, 0.05) is 5.56 Å². The van der Waals surface area contributed by atoms with Crippen molar-refractivity contribution in [2.24, 2.45) is 0 Å². The molecule has 0 unspecified atom stereocenters. The minimum atomic E-state index is -1.14. The average Bonchev–Trinajstić information content (AvgIpc) is 2.64. The molecule has 0 atom stereocenters. The Morgan fingerprint density at radius 2 is 2.06 bits per heavy atom. The number of aromatic carboxylic acids is 1. The molecule has 2 rings (SSSR count). The van der Waals surface area contributed by atoms with Gasteiger partial charge in [-0.15, -0.1) is 17.0 Å². The molecule has 1 heterocycles. The maximum atomic E-state index is 10.8. The van der Waals surface area contributed by atoms with Gasteiger partial charge in [-0.3, -0.25) is 0 Å². The number of phenolic OH excluding ortho intramolecular Hbond substituents is 1. The lowest BCUT2D eigenvalue weighted by molar-refractivity contribution is 0.0662. The van der Waals surface area contributed by atoms with Crippen LogP contribution in [0.1, 0.15) is 16.1 Å². The van der Waals surface area contributed by atoms with E-state index in [2.05, 4.69) is 0 Å². The highest BCUT2D eigenvalue weighted by molar-refractivity contribution is 8.93. The number of halogens is 1. The van der Waals surface area contributed by atoms with Crippen LogP contribution in [-0.2, 0) is 0 Å².